The van der Waals surface area contributed by atoms with E-state index in [1.54, 1.807) is 19.3 Å². The number of hydrogen-bond donors (Lipinski definition) is 0. The number of ether oxygens (including phenoxy) is 1. The van der Waals surface area contributed by atoms with Crippen LogP contribution in [0.3, 0.4) is 0 Å². The Kier molecular flexibility index (Phi) is 2.26. The SMILES string of the molecule is CCOC(=O)C1=NC=C2N=CC=C2C1. The number of esters is 1. The van der Waals surface area contributed by atoms with Crippen LogP contribution in [0.2, 0.25) is 0 Å². The number of rotatable bonds is 2. The lowest BCUT2D eigenvalue weighted by Crippen LogP contribution is -2.19. The second kappa shape index (κ2) is 3.57. The first-order chi connectivity index (χ1) is 6.81. The number of carbonyl (C=O) groups is 1. The fourth-order valence-electron chi connectivity index (χ4n) is 1.35. The van der Waals surface area contributed by atoms with Gasteiger partial charge in [0.1, 0.15) is 5.71 Å². The van der Waals surface area contributed by atoms with Crippen LogP contribution < -0.4 is 0 Å². The summed E-state index contributed by atoms with van der Waals surface area (Å²) < 4.78 is 4.86. The molecule has 0 aromatic rings. The van der Waals surface area contributed by atoms with Crippen LogP contribution in [0.25, 0.3) is 0 Å². The topological polar surface area (TPSA) is 51.0 Å². The van der Waals surface area contributed by atoms with Gasteiger partial charge in [-0.25, -0.2) is 4.79 Å². The van der Waals surface area contributed by atoms with Gasteiger partial charge < -0.3 is 4.74 Å². The van der Waals surface area contributed by atoms with Crippen molar-refractivity contribution < 1.29 is 9.53 Å². The maximum absolute atomic E-state index is 11.3. The maximum Gasteiger partial charge on any atom is 0.352 e. The van der Waals surface area contributed by atoms with E-state index in [1.165, 1.54) is 0 Å². The van der Waals surface area contributed by atoms with Gasteiger partial charge in [0, 0.05) is 12.6 Å². The molecule has 0 atom stereocenters. The molecule has 0 saturated carbocycles. The highest BCUT2D eigenvalue weighted by Crippen LogP contribution is 2.24. The summed E-state index contributed by atoms with van der Waals surface area (Å²) in [5.74, 6) is -0.337. The first-order valence-electron chi connectivity index (χ1n) is 4.49. The van der Waals surface area contributed by atoms with Crippen molar-refractivity contribution in [3.63, 3.8) is 0 Å². The molecule has 0 fully saturated rings. The second-order valence-corrected chi connectivity index (χ2v) is 2.96. The van der Waals surface area contributed by atoms with E-state index in [2.05, 4.69) is 9.98 Å². The predicted molar refractivity (Wildman–Crippen MR) is 53.3 cm³/mol. The molecule has 0 aromatic heterocycles. The van der Waals surface area contributed by atoms with Gasteiger partial charge in [0.15, 0.2) is 0 Å². The van der Waals surface area contributed by atoms with Crippen LogP contribution in [0, 0.1) is 0 Å². The van der Waals surface area contributed by atoms with Gasteiger partial charge in [-0.2, -0.15) is 0 Å². The monoisotopic (exact) mass is 190 g/mol. The zero-order valence-electron chi connectivity index (χ0n) is 7.86. The van der Waals surface area contributed by atoms with Crippen LogP contribution in [0.1, 0.15) is 13.3 Å². The number of carbonyl (C=O) groups excluding carboxylic acids is 1. The molecule has 2 aliphatic heterocycles. The summed E-state index contributed by atoms with van der Waals surface area (Å²) in [4.78, 5) is 19.4. The summed E-state index contributed by atoms with van der Waals surface area (Å²) in [6.07, 6.45) is 5.72. The molecule has 0 bridgehead atoms. The third kappa shape index (κ3) is 1.51. The predicted octanol–water partition coefficient (Wildman–Crippen LogP) is 1.25. The van der Waals surface area contributed by atoms with Gasteiger partial charge in [-0.15, -0.1) is 0 Å². The third-order valence-electron chi connectivity index (χ3n) is 2.03. The van der Waals surface area contributed by atoms with Gasteiger partial charge in [-0.1, -0.05) is 0 Å². The van der Waals surface area contributed by atoms with Crippen LogP contribution in [0.15, 0.2) is 33.5 Å². The van der Waals surface area contributed by atoms with E-state index in [-0.39, 0.29) is 5.97 Å². The third-order valence-corrected chi connectivity index (χ3v) is 2.03. The Morgan fingerprint density at radius 1 is 1.64 bits per heavy atom. The Labute approximate surface area is 81.7 Å². The van der Waals surface area contributed by atoms with Crippen molar-refractivity contribution in [1.82, 2.24) is 0 Å². The number of fused-ring (bicyclic) bond motifs is 1. The summed E-state index contributed by atoms with van der Waals surface area (Å²) >= 11 is 0. The smallest absolute Gasteiger partial charge is 0.352 e. The van der Waals surface area contributed by atoms with E-state index in [1.807, 2.05) is 6.08 Å². The van der Waals surface area contributed by atoms with E-state index in [0.717, 1.165) is 11.3 Å². The fraction of sp³-hybridized carbons (Fsp3) is 0.300. The molecule has 4 heteroatoms. The molecule has 14 heavy (non-hydrogen) atoms. The molecular weight excluding hydrogens is 180 g/mol. The van der Waals surface area contributed by atoms with Crippen LogP contribution >= 0.6 is 0 Å². The minimum atomic E-state index is -0.337. The first-order valence-corrected chi connectivity index (χ1v) is 4.49. The van der Waals surface area contributed by atoms with E-state index in [9.17, 15) is 4.79 Å². The molecule has 0 aliphatic carbocycles. The lowest BCUT2D eigenvalue weighted by Gasteiger charge is -2.10. The van der Waals surface area contributed by atoms with Crippen LogP contribution in [-0.2, 0) is 9.53 Å². The molecule has 0 spiro atoms. The van der Waals surface area contributed by atoms with Crippen molar-refractivity contribution in [3.05, 3.63) is 23.5 Å². The zero-order chi connectivity index (χ0) is 9.97. The average Bonchev–Trinajstić information content (AvgIpc) is 2.64. The van der Waals surface area contributed by atoms with Gasteiger partial charge in [-0.3, -0.25) is 9.98 Å². The molecule has 0 radical (unpaired) electrons. The summed E-state index contributed by atoms with van der Waals surface area (Å²) in [5, 5.41) is 0. The van der Waals surface area contributed by atoms with Crippen molar-refractivity contribution in [3.8, 4) is 0 Å². The molecule has 2 heterocycles. The van der Waals surface area contributed by atoms with Gasteiger partial charge in [0.05, 0.1) is 18.5 Å². The van der Waals surface area contributed by atoms with Crippen molar-refractivity contribution in [2.24, 2.45) is 9.98 Å². The van der Waals surface area contributed by atoms with Crippen LogP contribution in [0.4, 0.5) is 0 Å². The fourth-order valence-corrected chi connectivity index (χ4v) is 1.35. The van der Waals surface area contributed by atoms with Crippen molar-refractivity contribution >= 4 is 17.9 Å². The van der Waals surface area contributed by atoms with Crippen LogP contribution in [0.5, 0.6) is 0 Å². The summed E-state index contributed by atoms with van der Waals surface area (Å²) in [6, 6.07) is 0. The Morgan fingerprint density at radius 2 is 2.50 bits per heavy atom. The molecule has 0 saturated heterocycles. The van der Waals surface area contributed by atoms with Gasteiger partial charge >= 0.3 is 5.97 Å². The number of allylic oxidation sites excluding steroid dienone is 2. The van der Waals surface area contributed by atoms with Crippen molar-refractivity contribution in [2.45, 2.75) is 13.3 Å². The minimum Gasteiger partial charge on any atom is -0.461 e. The highest BCUT2D eigenvalue weighted by Gasteiger charge is 2.21. The Morgan fingerprint density at radius 3 is 3.29 bits per heavy atom. The molecule has 2 aliphatic rings. The highest BCUT2D eigenvalue weighted by molar-refractivity contribution is 6.37. The standard InChI is InChI=1S/C10H10N2O2/c1-2-14-10(13)8-5-7-3-4-11-9(7)6-12-8/h3-4,6H,2,5H2,1H3. The number of hydrogen-bond acceptors (Lipinski definition) is 4. The molecule has 0 amide bonds. The summed E-state index contributed by atoms with van der Waals surface area (Å²) in [7, 11) is 0. The second-order valence-electron chi connectivity index (χ2n) is 2.96. The molecule has 0 N–H and O–H groups in total. The molecule has 72 valence electrons. The molecule has 2 rings (SSSR count). The van der Waals surface area contributed by atoms with E-state index in [4.69, 9.17) is 4.74 Å². The highest BCUT2D eigenvalue weighted by atomic mass is 16.5. The van der Waals surface area contributed by atoms with Crippen molar-refractivity contribution in [2.75, 3.05) is 6.61 Å². The van der Waals surface area contributed by atoms with E-state index < -0.39 is 0 Å². The average molecular weight is 190 g/mol. The Balaban J connectivity index is 2.15. The minimum absolute atomic E-state index is 0.337. The molecule has 0 unspecified atom stereocenters. The lowest BCUT2D eigenvalue weighted by atomic mass is 10.1. The quantitative estimate of drug-likeness (QED) is 0.615. The Hall–Kier alpha value is -1.71. The van der Waals surface area contributed by atoms with Gasteiger partial charge in [0.2, 0.25) is 0 Å². The lowest BCUT2D eigenvalue weighted by molar-refractivity contribution is -0.135. The van der Waals surface area contributed by atoms with E-state index in [0.29, 0.717) is 18.7 Å². The summed E-state index contributed by atoms with van der Waals surface area (Å²) in [6.45, 7) is 2.16. The largest absolute Gasteiger partial charge is 0.461 e. The Bertz CT molecular complexity index is 389. The molecular formula is C10H10N2O2. The van der Waals surface area contributed by atoms with E-state index >= 15 is 0 Å². The van der Waals surface area contributed by atoms with Crippen molar-refractivity contribution in [1.29, 1.82) is 0 Å². The number of aliphatic imine (C=N–C) groups is 2. The maximum atomic E-state index is 11.3. The van der Waals surface area contributed by atoms with Gasteiger partial charge in [-0.05, 0) is 18.6 Å². The number of nitrogens with zero attached hydrogens (tertiary/aromatic N) is 2. The van der Waals surface area contributed by atoms with Crippen LogP contribution in [-0.4, -0.2) is 24.5 Å². The first kappa shape index (κ1) is 8.87. The summed E-state index contributed by atoms with van der Waals surface area (Å²) in [5.41, 5.74) is 2.33. The normalized spacial score (nSPS) is 18.2. The zero-order valence-corrected chi connectivity index (χ0v) is 7.86. The molecule has 0 aromatic carbocycles. The van der Waals surface area contributed by atoms with Gasteiger partial charge in [0.25, 0.3) is 0 Å². The molecule has 4 nitrogen and oxygen atoms in total.